The third-order valence-corrected chi connectivity index (χ3v) is 5.56. The number of nitrogens with one attached hydrogen (secondary N) is 1. The van der Waals surface area contributed by atoms with E-state index in [9.17, 15) is 20.0 Å². The molecule has 0 spiro atoms. The number of aromatic nitrogens is 2. The molecule has 9 heteroatoms. The van der Waals surface area contributed by atoms with Crippen molar-refractivity contribution in [3.63, 3.8) is 0 Å². The minimum absolute atomic E-state index is 0.0208. The fourth-order valence-electron chi connectivity index (χ4n) is 3.81. The first-order valence-electron chi connectivity index (χ1n) is 11.0. The number of hydrogen-bond acceptors (Lipinski definition) is 8. The van der Waals surface area contributed by atoms with Crippen molar-refractivity contribution in [2.24, 2.45) is 0 Å². The molecule has 0 radical (unpaired) electrons. The first-order valence-corrected chi connectivity index (χ1v) is 11.0. The number of imidazole rings is 1. The molecule has 0 unspecified atom stereocenters. The standard InChI is InChI=1S/C27H19N3O6/c28-14-19(26-29-20-7-3-4-8-21(20)30-26)22(31)15-36-27(33)18-6-2-1-5-17(18)25(32)16-9-10-23-24(13-16)35-12-11-34-23/h1-10,13,31H,11-12,15H2,(H,29,30)/b22-19-. The highest BCUT2D eigenvalue weighted by Gasteiger charge is 2.22. The van der Waals surface area contributed by atoms with Crippen molar-refractivity contribution in [1.29, 1.82) is 5.26 Å². The number of benzene rings is 3. The molecule has 5 rings (SSSR count). The van der Waals surface area contributed by atoms with Gasteiger partial charge in [-0.15, -0.1) is 0 Å². The Balaban J connectivity index is 1.36. The summed E-state index contributed by atoms with van der Waals surface area (Å²) >= 11 is 0. The van der Waals surface area contributed by atoms with Crippen LogP contribution in [0.3, 0.4) is 0 Å². The zero-order valence-electron chi connectivity index (χ0n) is 18.9. The van der Waals surface area contributed by atoms with Gasteiger partial charge in [-0.3, -0.25) is 4.79 Å². The van der Waals surface area contributed by atoms with E-state index in [4.69, 9.17) is 14.2 Å². The van der Waals surface area contributed by atoms with Gasteiger partial charge < -0.3 is 24.3 Å². The van der Waals surface area contributed by atoms with Crippen LogP contribution in [0.25, 0.3) is 16.6 Å². The van der Waals surface area contributed by atoms with E-state index in [1.807, 2.05) is 12.1 Å². The number of allylic oxidation sites excluding steroid dienone is 1. The molecule has 2 heterocycles. The molecule has 1 aliphatic heterocycles. The molecule has 36 heavy (non-hydrogen) atoms. The lowest BCUT2D eigenvalue weighted by atomic mass is 9.98. The summed E-state index contributed by atoms with van der Waals surface area (Å²) in [5.74, 6) is -0.548. The van der Waals surface area contributed by atoms with Crippen LogP contribution in [0, 0.1) is 11.3 Å². The first-order chi connectivity index (χ1) is 17.5. The maximum absolute atomic E-state index is 13.2. The lowest BCUT2D eigenvalue weighted by Crippen LogP contribution is -2.17. The van der Waals surface area contributed by atoms with Gasteiger partial charge in [-0.05, 0) is 36.4 Å². The zero-order valence-corrected chi connectivity index (χ0v) is 18.9. The lowest BCUT2D eigenvalue weighted by Gasteiger charge is -2.18. The summed E-state index contributed by atoms with van der Waals surface area (Å²) in [6.45, 7) is 0.231. The second-order valence-electron chi connectivity index (χ2n) is 7.85. The molecule has 1 aromatic heterocycles. The number of esters is 1. The van der Waals surface area contributed by atoms with Crippen LogP contribution in [0.15, 0.2) is 72.5 Å². The molecule has 178 valence electrons. The summed E-state index contributed by atoms with van der Waals surface area (Å²) in [6, 6.07) is 20.1. The van der Waals surface area contributed by atoms with Crippen molar-refractivity contribution in [3.8, 4) is 17.6 Å². The maximum atomic E-state index is 13.2. The number of ether oxygens (including phenoxy) is 3. The van der Waals surface area contributed by atoms with Crippen LogP contribution in [-0.4, -0.2) is 46.6 Å². The largest absolute Gasteiger partial charge is 0.507 e. The van der Waals surface area contributed by atoms with Crippen LogP contribution in [0.5, 0.6) is 11.5 Å². The van der Waals surface area contributed by atoms with Gasteiger partial charge >= 0.3 is 5.97 Å². The molecule has 0 saturated heterocycles. The van der Waals surface area contributed by atoms with Gasteiger partial charge in [0.2, 0.25) is 0 Å². The Morgan fingerprint density at radius 1 is 1.00 bits per heavy atom. The molecule has 0 aliphatic carbocycles. The maximum Gasteiger partial charge on any atom is 0.339 e. The number of fused-ring (bicyclic) bond motifs is 2. The van der Waals surface area contributed by atoms with Crippen LogP contribution in [0.4, 0.5) is 0 Å². The number of rotatable bonds is 6. The van der Waals surface area contributed by atoms with E-state index in [1.54, 1.807) is 48.5 Å². The highest BCUT2D eigenvalue weighted by atomic mass is 16.6. The SMILES string of the molecule is N#C/C(=C(/O)COC(=O)c1ccccc1C(=O)c1ccc2c(c1)OCCO2)c1nc2ccccc2[nH]1. The predicted octanol–water partition coefficient (Wildman–Crippen LogP) is 4.21. The van der Waals surface area contributed by atoms with Gasteiger partial charge in [0.1, 0.15) is 31.5 Å². The molecular weight excluding hydrogens is 462 g/mol. The Hall–Kier alpha value is -5.10. The van der Waals surface area contributed by atoms with Crippen LogP contribution in [0.1, 0.15) is 32.1 Å². The Labute approximate surface area is 205 Å². The number of nitriles is 1. The number of ketones is 1. The fourth-order valence-corrected chi connectivity index (χ4v) is 3.81. The van der Waals surface area contributed by atoms with Gasteiger partial charge in [0.25, 0.3) is 0 Å². The first kappa shape index (κ1) is 22.7. The summed E-state index contributed by atoms with van der Waals surface area (Å²) in [6.07, 6.45) is 0. The molecule has 9 nitrogen and oxygen atoms in total. The van der Waals surface area contributed by atoms with Crippen molar-refractivity contribution in [2.75, 3.05) is 19.8 Å². The topological polar surface area (TPSA) is 135 Å². The van der Waals surface area contributed by atoms with Crippen LogP contribution in [0.2, 0.25) is 0 Å². The number of hydrogen-bond donors (Lipinski definition) is 2. The summed E-state index contributed by atoms with van der Waals surface area (Å²) < 4.78 is 16.3. The molecular formula is C27H19N3O6. The molecule has 0 atom stereocenters. The van der Waals surface area contributed by atoms with Gasteiger partial charge in [-0.1, -0.05) is 30.3 Å². The van der Waals surface area contributed by atoms with Gasteiger partial charge in [0.15, 0.2) is 28.9 Å². The van der Waals surface area contributed by atoms with Gasteiger partial charge in [0.05, 0.1) is 16.6 Å². The van der Waals surface area contributed by atoms with E-state index < -0.39 is 24.1 Å². The number of nitrogens with zero attached hydrogens (tertiary/aromatic N) is 2. The van der Waals surface area contributed by atoms with Crippen molar-refractivity contribution in [2.45, 2.75) is 0 Å². The molecule has 0 amide bonds. The fraction of sp³-hybridized carbons (Fsp3) is 0.111. The van der Waals surface area contributed by atoms with Crippen LogP contribution >= 0.6 is 0 Å². The molecule has 1 aliphatic rings. The second-order valence-corrected chi connectivity index (χ2v) is 7.85. The lowest BCUT2D eigenvalue weighted by molar-refractivity contribution is 0.0500. The monoisotopic (exact) mass is 481 g/mol. The number of aromatic amines is 1. The van der Waals surface area contributed by atoms with E-state index in [0.29, 0.717) is 41.3 Å². The van der Waals surface area contributed by atoms with Crippen LogP contribution in [-0.2, 0) is 4.74 Å². The van der Waals surface area contributed by atoms with E-state index in [0.717, 1.165) is 0 Å². The van der Waals surface area contributed by atoms with Gasteiger partial charge in [0, 0.05) is 11.1 Å². The summed E-state index contributed by atoms with van der Waals surface area (Å²) in [5, 5.41) is 20.0. The van der Waals surface area contributed by atoms with Crippen molar-refractivity contribution in [1.82, 2.24) is 9.97 Å². The number of para-hydroxylation sites is 2. The molecule has 0 bridgehead atoms. The Morgan fingerprint density at radius 2 is 1.72 bits per heavy atom. The minimum Gasteiger partial charge on any atom is -0.507 e. The molecule has 4 aromatic rings. The number of carbonyl (C=O) groups is 2. The number of aliphatic hydroxyl groups excluding tert-OH is 1. The van der Waals surface area contributed by atoms with Gasteiger partial charge in [-0.25, -0.2) is 9.78 Å². The third-order valence-electron chi connectivity index (χ3n) is 5.56. The molecule has 3 aromatic carbocycles. The Morgan fingerprint density at radius 3 is 2.50 bits per heavy atom. The summed E-state index contributed by atoms with van der Waals surface area (Å²) in [7, 11) is 0. The van der Waals surface area contributed by atoms with Crippen molar-refractivity contribution in [3.05, 3.63) is 95.0 Å². The summed E-state index contributed by atoms with van der Waals surface area (Å²) in [5.41, 5.74) is 1.62. The molecule has 0 saturated carbocycles. The predicted molar refractivity (Wildman–Crippen MR) is 129 cm³/mol. The minimum atomic E-state index is -0.829. The average Bonchev–Trinajstić information content (AvgIpc) is 3.35. The number of carbonyl (C=O) groups excluding carboxylic acids is 2. The van der Waals surface area contributed by atoms with Crippen molar-refractivity contribution < 1.29 is 28.9 Å². The Kier molecular flexibility index (Phi) is 6.07. The highest BCUT2D eigenvalue weighted by molar-refractivity contribution is 6.14. The van der Waals surface area contributed by atoms with Crippen molar-refractivity contribution >= 4 is 28.4 Å². The number of H-pyrrole nitrogens is 1. The molecule has 0 fully saturated rings. The van der Waals surface area contributed by atoms with E-state index in [1.165, 1.54) is 12.1 Å². The molecule has 2 N–H and O–H groups in total. The van der Waals surface area contributed by atoms with Crippen LogP contribution < -0.4 is 9.47 Å². The second kappa shape index (κ2) is 9.64. The normalized spacial score (nSPS) is 13.0. The van der Waals surface area contributed by atoms with Gasteiger partial charge in [-0.2, -0.15) is 5.26 Å². The van der Waals surface area contributed by atoms with E-state index in [2.05, 4.69) is 9.97 Å². The highest BCUT2D eigenvalue weighted by Crippen LogP contribution is 2.32. The quantitative estimate of drug-likeness (QED) is 0.181. The summed E-state index contributed by atoms with van der Waals surface area (Å²) in [4.78, 5) is 33.3. The van der Waals surface area contributed by atoms with E-state index >= 15 is 0 Å². The smallest absolute Gasteiger partial charge is 0.339 e. The third kappa shape index (κ3) is 4.35. The zero-order chi connectivity index (χ0) is 25.1. The van der Waals surface area contributed by atoms with E-state index in [-0.39, 0.29) is 22.5 Å². The number of aliphatic hydroxyl groups is 1. The Bertz CT molecular complexity index is 1530. The average molecular weight is 481 g/mol.